The molecule has 1 fully saturated rings. The fourth-order valence-electron chi connectivity index (χ4n) is 2.89. The second-order valence-electron chi connectivity index (χ2n) is 6.02. The fourth-order valence-corrected chi connectivity index (χ4v) is 5.32. The monoisotopic (exact) mass is 375 g/mol. The molecule has 0 amide bonds. The lowest BCUT2D eigenvalue weighted by atomic mass is 9.98. The maximum atomic E-state index is 12.7. The van der Waals surface area contributed by atoms with Gasteiger partial charge in [0.2, 0.25) is 10.0 Å². The minimum Gasteiger partial charge on any atom is -0.392 e. The van der Waals surface area contributed by atoms with Crippen LogP contribution in [0, 0.1) is 18.8 Å². The zero-order valence-corrected chi connectivity index (χ0v) is 15.0. The van der Waals surface area contributed by atoms with Gasteiger partial charge in [-0.05, 0) is 64.7 Å². The molecule has 0 aliphatic heterocycles. The van der Waals surface area contributed by atoms with Gasteiger partial charge in [-0.3, -0.25) is 0 Å². The Kier molecular flexibility index (Phi) is 5.13. The van der Waals surface area contributed by atoms with E-state index < -0.39 is 10.0 Å². The number of aliphatic hydroxyl groups is 1. The number of benzene rings is 1. The van der Waals surface area contributed by atoms with E-state index in [9.17, 15) is 13.5 Å². The fraction of sp³-hybridized carbons (Fsp3) is 0.600. The van der Waals surface area contributed by atoms with Gasteiger partial charge in [0.25, 0.3) is 0 Å². The maximum absolute atomic E-state index is 12.7. The summed E-state index contributed by atoms with van der Waals surface area (Å²) in [4.78, 5) is 0.207. The molecular formula is C15H22BrNO3S. The predicted octanol–water partition coefficient (Wildman–Crippen LogP) is 2.96. The molecule has 0 spiro atoms. The first-order chi connectivity index (χ1) is 9.76. The Morgan fingerprint density at radius 2 is 2.00 bits per heavy atom. The standard InChI is InChI=1S/C15H22BrNO3S/c1-9-4-5-13(11(9)3)17-21(19,20)14-7-12(8-18)6-10(2)15(14)16/h6-7,9,11,13,17-18H,4-5,8H2,1-3H3. The van der Waals surface area contributed by atoms with Crippen molar-refractivity contribution in [3.05, 3.63) is 27.7 Å². The number of hydrogen-bond donors (Lipinski definition) is 2. The summed E-state index contributed by atoms with van der Waals surface area (Å²) >= 11 is 3.35. The zero-order valence-electron chi connectivity index (χ0n) is 12.6. The van der Waals surface area contributed by atoms with Gasteiger partial charge in [0.05, 0.1) is 11.5 Å². The van der Waals surface area contributed by atoms with Crippen molar-refractivity contribution in [2.24, 2.45) is 11.8 Å². The molecule has 3 atom stereocenters. The number of hydrogen-bond acceptors (Lipinski definition) is 3. The molecule has 0 aromatic heterocycles. The van der Waals surface area contributed by atoms with E-state index in [0.717, 1.165) is 18.4 Å². The van der Waals surface area contributed by atoms with E-state index in [2.05, 4.69) is 34.5 Å². The largest absolute Gasteiger partial charge is 0.392 e. The molecule has 4 nitrogen and oxygen atoms in total. The average Bonchev–Trinajstić information content (AvgIpc) is 2.73. The van der Waals surface area contributed by atoms with E-state index >= 15 is 0 Å². The number of rotatable bonds is 4. The number of aliphatic hydroxyl groups excluding tert-OH is 1. The molecule has 21 heavy (non-hydrogen) atoms. The quantitative estimate of drug-likeness (QED) is 0.849. The Balaban J connectivity index is 2.34. The minimum absolute atomic E-state index is 0.0185. The predicted molar refractivity (Wildman–Crippen MR) is 86.5 cm³/mol. The highest BCUT2D eigenvalue weighted by Crippen LogP contribution is 2.33. The summed E-state index contributed by atoms with van der Waals surface area (Å²) < 4.78 is 28.7. The van der Waals surface area contributed by atoms with Crippen molar-refractivity contribution in [2.45, 2.75) is 51.2 Å². The molecule has 1 aromatic carbocycles. The van der Waals surface area contributed by atoms with Gasteiger partial charge in [0.1, 0.15) is 0 Å². The summed E-state index contributed by atoms with van der Waals surface area (Å²) in [6, 6.07) is 3.29. The van der Waals surface area contributed by atoms with E-state index in [-0.39, 0.29) is 17.5 Å². The third kappa shape index (κ3) is 3.50. The average molecular weight is 376 g/mol. The Morgan fingerprint density at radius 3 is 2.52 bits per heavy atom. The summed E-state index contributed by atoms with van der Waals surface area (Å²) in [5, 5.41) is 9.27. The molecule has 0 saturated heterocycles. The van der Waals surface area contributed by atoms with Gasteiger partial charge in [0.15, 0.2) is 0 Å². The van der Waals surface area contributed by atoms with Crippen molar-refractivity contribution in [3.63, 3.8) is 0 Å². The first kappa shape index (κ1) is 16.9. The lowest BCUT2D eigenvalue weighted by Gasteiger charge is -2.20. The van der Waals surface area contributed by atoms with Crippen LogP contribution in [-0.2, 0) is 16.6 Å². The third-order valence-corrected chi connectivity index (χ3v) is 7.35. The van der Waals surface area contributed by atoms with Gasteiger partial charge >= 0.3 is 0 Å². The molecule has 1 aliphatic carbocycles. The Morgan fingerprint density at radius 1 is 1.33 bits per heavy atom. The Bertz CT molecular complexity index is 630. The lowest BCUT2D eigenvalue weighted by molar-refractivity contribution is 0.281. The van der Waals surface area contributed by atoms with Crippen LogP contribution < -0.4 is 4.72 Å². The van der Waals surface area contributed by atoms with Gasteiger partial charge in [0, 0.05) is 10.5 Å². The van der Waals surface area contributed by atoms with E-state index in [1.54, 1.807) is 6.07 Å². The highest BCUT2D eigenvalue weighted by Gasteiger charge is 2.33. The van der Waals surface area contributed by atoms with E-state index in [1.165, 1.54) is 6.07 Å². The van der Waals surface area contributed by atoms with Gasteiger partial charge in [-0.1, -0.05) is 19.9 Å². The highest BCUT2D eigenvalue weighted by atomic mass is 79.9. The second-order valence-corrected chi connectivity index (χ2v) is 8.50. The molecule has 2 N–H and O–H groups in total. The van der Waals surface area contributed by atoms with Crippen LogP contribution >= 0.6 is 15.9 Å². The van der Waals surface area contributed by atoms with Crippen LogP contribution in [0.5, 0.6) is 0 Å². The van der Waals surface area contributed by atoms with Crippen LogP contribution in [-0.4, -0.2) is 19.6 Å². The van der Waals surface area contributed by atoms with Gasteiger partial charge in [-0.2, -0.15) is 0 Å². The van der Waals surface area contributed by atoms with E-state index in [0.29, 0.717) is 21.9 Å². The molecule has 1 aromatic rings. The first-order valence-corrected chi connectivity index (χ1v) is 9.46. The van der Waals surface area contributed by atoms with Crippen molar-refractivity contribution in [3.8, 4) is 0 Å². The van der Waals surface area contributed by atoms with Crippen LogP contribution in [0.2, 0.25) is 0 Å². The summed E-state index contributed by atoms with van der Waals surface area (Å²) in [6.45, 7) is 5.90. The third-order valence-electron chi connectivity index (χ3n) is 4.52. The number of sulfonamides is 1. The van der Waals surface area contributed by atoms with E-state index in [1.807, 2.05) is 6.92 Å². The minimum atomic E-state index is -3.59. The molecule has 1 aliphatic rings. The Hall–Kier alpha value is -0.430. The van der Waals surface area contributed by atoms with E-state index in [4.69, 9.17) is 0 Å². The van der Waals surface area contributed by atoms with Crippen molar-refractivity contribution in [1.29, 1.82) is 0 Å². The maximum Gasteiger partial charge on any atom is 0.241 e. The van der Waals surface area contributed by atoms with Gasteiger partial charge < -0.3 is 5.11 Å². The van der Waals surface area contributed by atoms with Crippen LogP contribution in [0.25, 0.3) is 0 Å². The molecule has 0 bridgehead atoms. The second kappa shape index (κ2) is 6.36. The van der Waals surface area contributed by atoms with Crippen LogP contribution in [0.4, 0.5) is 0 Å². The van der Waals surface area contributed by atoms with Crippen LogP contribution in [0.1, 0.15) is 37.8 Å². The SMILES string of the molecule is Cc1cc(CO)cc(S(=O)(=O)NC2CCC(C)C2C)c1Br. The smallest absolute Gasteiger partial charge is 0.241 e. The Labute approximate surface area is 135 Å². The van der Waals surface area contributed by atoms with Crippen molar-refractivity contribution < 1.29 is 13.5 Å². The number of halogens is 1. The number of nitrogens with one attached hydrogen (secondary N) is 1. The molecular weight excluding hydrogens is 354 g/mol. The molecule has 2 rings (SSSR count). The highest BCUT2D eigenvalue weighted by molar-refractivity contribution is 9.10. The lowest BCUT2D eigenvalue weighted by Crippen LogP contribution is -2.37. The normalized spacial score (nSPS) is 26.2. The molecule has 1 saturated carbocycles. The molecule has 6 heteroatoms. The van der Waals surface area contributed by atoms with Crippen LogP contribution in [0.15, 0.2) is 21.5 Å². The molecule has 3 unspecified atom stereocenters. The number of aryl methyl sites for hydroxylation is 1. The summed E-state index contributed by atoms with van der Waals surface area (Å²) in [6.07, 6.45) is 1.92. The molecule has 0 heterocycles. The molecule has 118 valence electrons. The van der Waals surface area contributed by atoms with Gasteiger partial charge in [-0.15, -0.1) is 0 Å². The van der Waals surface area contributed by atoms with Gasteiger partial charge in [-0.25, -0.2) is 13.1 Å². The van der Waals surface area contributed by atoms with Crippen molar-refractivity contribution >= 4 is 26.0 Å². The molecule has 0 radical (unpaired) electrons. The van der Waals surface area contributed by atoms with Crippen molar-refractivity contribution in [1.82, 2.24) is 4.72 Å². The summed E-state index contributed by atoms with van der Waals surface area (Å²) in [7, 11) is -3.59. The van der Waals surface area contributed by atoms with Crippen LogP contribution in [0.3, 0.4) is 0 Å². The topological polar surface area (TPSA) is 66.4 Å². The summed E-state index contributed by atoms with van der Waals surface area (Å²) in [5.41, 5.74) is 1.40. The van der Waals surface area contributed by atoms with Crippen molar-refractivity contribution in [2.75, 3.05) is 0 Å². The first-order valence-electron chi connectivity index (χ1n) is 7.18. The zero-order chi connectivity index (χ0) is 15.8. The summed E-state index contributed by atoms with van der Waals surface area (Å²) in [5.74, 6) is 0.868.